The van der Waals surface area contributed by atoms with Crippen molar-refractivity contribution in [1.29, 1.82) is 0 Å². The van der Waals surface area contributed by atoms with Crippen molar-refractivity contribution in [3.05, 3.63) is 59.7 Å². The van der Waals surface area contributed by atoms with Gasteiger partial charge in [0, 0.05) is 18.7 Å². The quantitative estimate of drug-likeness (QED) is 0.539. The Kier molecular flexibility index (Phi) is 8.77. The maximum atomic E-state index is 13.6. The molecule has 8 nitrogen and oxygen atoms in total. The molecule has 0 spiro atoms. The molecule has 0 aliphatic heterocycles. The van der Waals surface area contributed by atoms with Crippen LogP contribution < -0.4 is 14.4 Å². The number of hydrogen-bond donors (Lipinski definition) is 1. The Labute approximate surface area is 208 Å². The highest BCUT2D eigenvalue weighted by Crippen LogP contribution is 2.24. The molecule has 0 saturated heterocycles. The van der Waals surface area contributed by atoms with Crippen molar-refractivity contribution in [1.82, 2.24) is 10.2 Å². The van der Waals surface area contributed by atoms with Gasteiger partial charge in [-0.2, -0.15) is 0 Å². The molecule has 190 valence electrons. The van der Waals surface area contributed by atoms with Crippen LogP contribution in [-0.4, -0.2) is 57.1 Å². The van der Waals surface area contributed by atoms with Crippen LogP contribution in [0, 0.1) is 6.92 Å². The van der Waals surface area contributed by atoms with Crippen molar-refractivity contribution in [2.45, 2.75) is 58.2 Å². The second-order valence-corrected chi connectivity index (χ2v) is 11.1. The molecule has 2 amide bonds. The molecule has 1 N–H and O–H groups in total. The van der Waals surface area contributed by atoms with Crippen molar-refractivity contribution in [3.63, 3.8) is 0 Å². The number of carbonyl (C=O) groups is 2. The Morgan fingerprint density at radius 1 is 1.11 bits per heavy atom. The van der Waals surface area contributed by atoms with E-state index in [0.29, 0.717) is 11.4 Å². The highest BCUT2D eigenvalue weighted by molar-refractivity contribution is 7.92. The summed E-state index contributed by atoms with van der Waals surface area (Å²) >= 11 is 0. The van der Waals surface area contributed by atoms with Gasteiger partial charge in [0.15, 0.2) is 0 Å². The van der Waals surface area contributed by atoms with Gasteiger partial charge in [0.25, 0.3) is 0 Å². The van der Waals surface area contributed by atoms with Gasteiger partial charge in [0.1, 0.15) is 18.3 Å². The van der Waals surface area contributed by atoms with Gasteiger partial charge in [-0.15, -0.1) is 0 Å². The molecule has 1 saturated carbocycles. The SMILES string of the molecule is COc1cccc(N(CC(=O)N(Cc2ccc(C)cc2)[C@@H](C)C(=O)NC2CCCC2)S(C)(=O)=O)c1. The van der Waals surface area contributed by atoms with Gasteiger partial charge in [0.05, 0.1) is 19.1 Å². The highest BCUT2D eigenvalue weighted by atomic mass is 32.2. The van der Waals surface area contributed by atoms with Crippen LogP contribution in [0.5, 0.6) is 5.75 Å². The van der Waals surface area contributed by atoms with Crippen LogP contribution in [0.25, 0.3) is 0 Å². The first-order valence-corrected chi connectivity index (χ1v) is 13.7. The minimum Gasteiger partial charge on any atom is -0.497 e. The highest BCUT2D eigenvalue weighted by Gasteiger charge is 2.31. The van der Waals surface area contributed by atoms with Crippen LogP contribution in [0.3, 0.4) is 0 Å². The van der Waals surface area contributed by atoms with E-state index in [1.807, 2.05) is 31.2 Å². The largest absolute Gasteiger partial charge is 0.497 e. The second kappa shape index (κ2) is 11.6. The van der Waals surface area contributed by atoms with Crippen LogP contribution in [0.4, 0.5) is 5.69 Å². The summed E-state index contributed by atoms with van der Waals surface area (Å²) in [5, 5.41) is 3.06. The summed E-state index contributed by atoms with van der Waals surface area (Å²) < 4.78 is 31.6. The molecule has 1 fully saturated rings. The van der Waals surface area contributed by atoms with Crippen molar-refractivity contribution in [3.8, 4) is 5.75 Å². The molecular formula is C26H35N3O5S. The first-order valence-electron chi connectivity index (χ1n) is 11.9. The van der Waals surface area contributed by atoms with E-state index < -0.39 is 28.5 Å². The van der Waals surface area contributed by atoms with E-state index in [1.54, 1.807) is 31.2 Å². The average molecular weight is 502 g/mol. The first-order chi connectivity index (χ1) is 16.6. The average Bonchev–Trinajstić information content (AvgIpc) is 3.33. The lowest BCUT2D eigenvalue weighted by atomic mass is 10.1. The fourth-order valence-corrected chi connectivity index (χ4v) is 5.09. The molecule has 0 unspecified atom stereocenters. The molecule has 0 bridgehead atoms. The second-order valence-electron chi connectivity index (χ2n) is 9.14. The summed E-state index contributed by atoms with van der Waals surface area (Å²) in [6, 6.07) is 13.6. The summed E-state index contributed by atoms with van der Waals surface area (Å²) in [5.41, 5.74) is 2.26. The molecule has 1 aliphatic rings. The van der Waals surface area contributed by atoms with E-state index in [2.05, 4.69) is 5.32 Å². The Bertz CT molecular complexity index is 1130. The summed E-state index contributed by atoms with van der Waals surface area (Å²) in [6.07, 6.45) is 5.08. The van der Waals surface area contributed by atoms with E-state index in [4.69, 9.17) is 4.74 Å². The number of carbonyl (C=O) groups excluding carboxylic acids is 2. The van der Waals surface area contributed by atoms with Gasteiger partial charge < -0.3 is 15.0 Å². The molecule has 1 atom stereocenters. The lowest BCUT2D eigenvalue weighted by Crippen LogP contribution is -2.52. The number of nitrogens with one attached hydrogen (secondary N) is 1. The Morgan fingerprint density at radius 2 is 1.77 bits per heavy atom. The van der Waals surface area contributed by atoms with Gasteiger partial charge in [0.2, 0.25) is 21.8 Å². The molecular weight excluding hydrogens is 466 g/mol. The Hall–Kier alpha value is -3.07. The Balaban J connectivity index is 1.88. The van der Waals surface area contributed by atoms with E-state index in [-0.39, 0.29) is 18.5 Å². The molecule has 1 aliphatic carbocycles. The molecule has 0 radical (unpaired) electrons. The van der Waals surface area contributed by atoms with Crippen molar-refractivity contribution in [2.75, 3.05) is 24.2 Å². The zero-order valence-electron chi connectivity index (χ0n) is 20.9. The van der Waals surface area contributed by atoms with E-state index >= 15 is 0 Å². The predicted molar refractivity (Wildman–Crippen MR) is 137 cm³/mol. The van der Waals surface area contributed by atoms with Crippen molar-refractivity contribution in [2.24, 2.45) is 0 Å². The van der Waals surface area contributed by atoms with E-state index in [1.165, 1.54) is 12.0 Å². The third-order valence-corrected chi connectivity index (χ3v) is 7.50. The molecule has 3 rings (SSSR count). The van der Waals surface area contributed by atoms with Gasteiger partial charge in [-0.25, -0.2) is 8.42 Å². The van der Waals surface area contributed by atoms with Crippen molar-refractivity contribution >= 4 is 27.5 Å². The number of amides is 2. The number of nitrogens with zero attached hydrogens (tertiary/aromatic N) is 2. The number of anilines is 1. The van der Waals surface area contributed by atoms with Crippen LogP contribution in [-0.2, 0) is 26.2 Å². The monoisotopic (exact) mass is 501 g/mol. The number of hydrogen-bond acceptors (Lipinski definition) is 5. The predicted octanol–water partition coefficient (Wildman–Crippen LogP) is 3.25. The fraction of sp³-hybridized carbons (Fsp3) is 0.462. The van der Waals surface area contributed by atoms with Crippen LogP contribution in [0.2, 0.25) is 0 Å². The Morgan fingerprint density at radius 3 is 2.37 bits per heavy atom. The maximum Gasteiger partial charge on any atom is 0.244 e. The third kappa shape index (κ3) is 7.21. The fourth-order valence-electron chi connectivity index (χ4n) is 4.24. The normalized spacial score (nSPS) is 14.9. The summed E-state index contributed by atoms with van der Waals surface area (Å²) in [4.78, 5) is 28.1. The van der Waals surface area contributed by atoms with Gasteiger partial charge in [-0.05, 0) is 44.4 Å². The van der Waals surface area contributed by atoms with Crippen LogP contribution >= 0.6 is 0 Å². The summed E-state index contributed by atoms with van der Waals surface area (Å²) in [5.74, 6) is -0.220. The summed E-state index contributed by atoms with van der Waals surface area (Å²) in [6.45, 7) is 3.42. The maximum absolute atomic E-state index is 13.6. The topological polar surface area (TPSA) is 96.0 Å². The standard InChI is InChI=1S/C26H35N3O5S/c1-19-12-14-21(15-13-19)17-28(20(2)26(31)27-22-8-5-6-9-22)25(30)18-29(35(4,32)33)23-10-7-11-24(16-23)34-3/h7,10-16,20,22H,5-6,8-9,17-18H2,1-4H3,(H,27,31)/t20-/m0/s1. The first kappa shape index (κ1) is 26.5. The number of rotatable bonds is 10. The van der Waals surface area contributed by atoms with Crippen molar-refractivity contribution < 1.29 is 22.7 Å². The molecule has 9 heteroatoms. The lowest BCUT2D eigenvalue weighted by Gasteiger charge is -2.32. The molecule has 2 aromatic rings. The number of methoxy groups -OCH3 is 1. The summed E-state index contributed by atoms with van der Waals surface area (Å²) in [7, 11) is -2.30. The smallest absolute Gasteiger partial charge is 0.244 e. The van der Waals surface area contributed by atoms with E-state index in [0.717, 1.165) is 47.4 Å². The van der Waals surface area contributed by atoms with Crippen LogP contribution in [0.15, 0.2) is 48.5 Å². The van der Waals surface area contributed by atoms with Gasteiger partial charge >= 0.3 is 0 Å². The van der Waals surface area contributed by atoms with Crippen LogP contribution in [0.1, 0.15) is 43.7 Å². The number of sulfonamides is 1. The van der Waals surface area contributed by atoms with Gasteiger partial charge in [-0.1, -0.05) is 48.7 Å². The minimum absolute atomic E-state index is 0.116. The molecule has 35 heavy (non-hydrogen) atoms. The molecule has 0 aromatic heterocycles. The molecule has 2 aromatic carbocycles. The lowest BCUT2D eigenvalue weighted by molar-refractivity contribution is -0.139. The number of aryl methyl sites for hydroxylation is 1. The zero-order chi connectivity index (χ0) is 25.6. The zero-order valence-corrected chi connectivity index (χ0v) is 21.7. The number of benzene rings is 2. The molecule has 0 heterocycles. The number of ether oxygens (including phenoxy) is 1. The van der Waals surface area contributed by atoms with E-state index in [9.17, 15) is 18.0 Å². The third-order valence-electron chi connectivity index (χ3n) is 6.36. The van der Waals surface area contributed by atoms with Gasteiger partial charge in [-0.3, -0.25) is 13.9 Å². The minimum atomic E-state index is -3.78.